The van der Waals surface area contributed by atoms with Crippen molar-refractivity contribution in [2.75, 3.05) is 13.7 Å². The molecule has 0 bridgehead atoms. The minimum atomic E-state index is -1.09. The Morgan fingerprint density at radius 2 is 1.96 bits per heavy atom. The maximum Gasteiger partial charge on any atom is 0.337 e. The standard InChI is InChI=1S/C19H19FN2O4/c1-22(18(23)16-7-4-13(11-21-16)19(24)25)15-8-9-26-17(10-15)12-2-5-14(20)6-3-12/h2-7,11,15,17H,8-10H2,1H3,(H,24,25). The van der Waals surface area contributed by atoms with Gasteiger partial charge in [-0.05, 0) is 42.7 Å². The van der Waals surface area contributed by atoms with Crippen LogP contribution in [0, 0.1) is 5.82 Å². The van der Waals surface area contributed by atoms with Gasteiger partial charge in [-0.3, -0.25) is 9.78 Å². The second-order valence-corrected chi connectivity index (χ2v) is 6.24. The fourth-order valence-electron chi connectivity index (χ4n) is 3.03. The predicted molar refractivity (Wildman–Crippen MR) is 91.4 cm³/mol. The van der Waals surface area contributed by atoms with Crippen LogP contribution in [0.5, 0.6) is 0 Å². The van der Waals surface area contributed by atoms with Gasteiger partial charge in [0.2, 0.25) is 0 Å². The molecule has 7 heteroatoms. The van der Waals surface area contributed by atoms with E-state index in [1.165, 1.54) is 30.5 Å². The molecular formula is C19H19FN2O4. The Hall–Kier alpha value is -2.80. The lowest BCUT2D eigenvalue weighted by atomic mass is 9.96. The zero-order valence-corrected chi connectivity index (χ0v) is 14.3. The average Bonchev–Trinajstić information content (AvgIpc) is 2.67. The van der Waals surface area contributed by atoms with Gasteiger partial charge in [-0.25, -0.2) is 9.18 Å². The van der Waals surface area contributed by atoms with E-state index in [1.807, 2.05) is 0 Å². The number of benzene rings is 1. The highest BCUT2D eigenvalue weighted by molar-refractivity contribution is 5.93. The van der Waals surface area contributed by atoms with Gasteiger partial charge in [0.1, 0.15) is 11.5 Å². The molecule has 1 aromatic carbocycles. The van der Waals surface area contributed by atoms with Gasteiger partial charge in [0.15, 0.2) is 0 Å². The van der Waals surface area contributed by atoms with Crippen molar-refractivity contribution in [3.8, 4) is 0 Å². The Morgan fingerprint density at radius 3 is 2.58 bits per heavy atom. The van der Waals surface area contributed by atoms with Crippen LogP contribution < -0.4 is 0 Å². The summed E-state index contributed by atoms with van der Waals surface area (Å²) in [7, 11) is 1.70. The minimum Gasteiger partial charge on any atom is -0.478 e. The van der Waals surface area contributed by atoms with E-state index < -0.39 is 5.97 Å². The SMILES string of the molecule is CN(C(=O)c1ccc(C(=O)O)cn1)C1CCOC(c2ccc(F)cc2)C1. The van der Waals surface area contributed by atoms with E-state index in [4.69, 9.17) is 9.84 Å². The van der Waals surface area contributed by atoms with Crippen LogP contribution in [-0.4, -0.2) is 46.6 Å². The molecule has 1 aromatic heterocycles. The van der Waals surface area contributed by atoms with Crippen LogP contribution in [-0.2, 0) is 4.74 Å². The molecule has 0 radical (unpaired) electrons. The summed E-state index contributed by atoms with van der Waals surface area (Å²) in [4.78, 5) is 29.1. The number of hydrogen-bond acceptors (Lipinski definition) is 4. The van der Waals surface area contributed by atoms with Crippen LogP contribution in [0.2, 0.25) is 0 Å². The predicted octanol–water partition coefficient (Wildman–Crippen LogP) is 2.91. The van der Waals surface area contributed by atoms with Gasteiger partial charge in [-0.2, -0.15) is 0 Å². The molecule has 3 rings (SSSR count). The average molecular weight is 358 g/mol. The van der Waals surface area contributed by atoms with E-state index in [9.17, 15) is 14.0 Å². The van der Waals surface area contributed by atoms with E-state index in [0.29, 0.717) is 19.4 Å². The van der Waals surface area contributed by atoms with Gasteiger partial charge in [0, 0.05) is 25.9 Å². The third-order valence-electron chi connectivity index (χ3n) is 4.60. The van der Waals surface area contributed by atoms with E-state index in [2.05, 4.69) is 4.98 Å². The first-order chi connectivity index (χ1) is 12.5. The van der Waals surface area contributed by atoms with Crippen molar-refractivity contribution in [3.05, 3.63) is 65.2 Å². The van der Waals surface area contributed by atoms with Crippen LogP contribution in [0.4, 0.5) is 4.39 Å². The van der Waals surface area contributed by atoms with Gasteiger partial charge in [0.05, 0.1) is 11.7 Å². The number of carboxylic acid groups (broad SMARTS) is 1. The molecule has 2 aromatic rings. The summed E-state index contributed by atoms with van der Waals surface area (Å²) in [5.41, 5.74) is 1.11. The van der Waals surface area contributed by atoms with E-state index in [1.54, 1.807) is 24.1 Å². The fourth-order valence-corrected chi connectivity index (χ4v) is 3.03. The molecule has 0 aliphatic carbocycles. The largest absolute Gasteiger partial charge is 0.478 e. The topological polar surface area (TPSA) is 79.7 Å². The molecule has 0 spiro atoms. The van der Waals surface area contributed by atoms with Gasteiger partial charge in [-0.15, -0.1) is 0 Å². The summed E-state index contributed by atoms with van der Waals surface area (Å²) in [5, 5.41) is 8.91. The first-order valence-corrected chi connectivity index (χ1v) is 8.29. The molecule has 6 nitrogen and oxygen atoms in total. The lowest BCUT2D eigenvalue weighted by molar-refractivity contribution is -0.0198. The molecule has 1 N–H and O–H groups in total. The number of carbonyl (C=O) groups excluding carboxylic acids is 1. The molecule has 0 saturated carbocycles. The molecule has 1 aliphatic rings. The Kier molecular flexibility index (Phi) is 5.27. The van der Waals surface area contributed by atoms with Crippen LogP contribution in [0.3, 0.4) is 0 Å². The van der Waals surface area contributed by atoms with Crippen LogP contribution >= 0.6 is 0 Å². The van der Waals surface area contributed by atoms with Crippen molar-refractivity contribution in [2.24, 2.45) is 0 Å². The lowest BCUT2D eigenvalue weighted by Gasteiger charge is -2.35. The highest BCUT2D eigenvalue weighted by Gasteiger charge is 2.29. The first kappa shape index (κ1) is 18.0. The quantitative estimate of drug-likeness (QED) is 0.909. The Morgan fingerprint density at radius 1 is 1.23 bits per heavy atom. The molecule has 1 aliphatic heterocycles. The number of ether oxygens (including phenoxy) is 1. The zero-order valence-electron chi connectivity index (χ0n) is 14.3. The Balaban J connectivity index is 1.70. The molecule has 136 valence electrons. The van der Waals surface area contributed by atoms with Crippen molar-refractivity contribution < 1.29 is 23.8 Å². The maximum absolute atomic E-state index is 13.1. The number of aromatic nitrogens is 1. The Labute approximate surface area is 150 Å². The van der Waals surface area contributed by atoms with Crippen molar-refractivity contribution in [1.82, 2.24) is 9.88 Å². The highest BCUT2D eigenvalue weighted by Crippen LogP contribution is 2.30. The highest BCUT2D eigenvalue weighted by atomic mass is 19.1. The van der Waals surface area contributed by atoms with Crippen molar-refractivity contribution in [1.29, 1.82) is 0 Å². The number of carbonyl (C=O) groups is 2. The summed E-state index contributed by atoms with van der Waals surface area (Å²) in [5.74, 6) is -1.66. The normalized spacial score (nSPS) is 19.8. The van der Waals surface area contributed by atoms with Crippen LogP contribution in [0.25, 0.3) is 0 Å². The van der Waals surface area contributed by atoms with Gasteiger partial charge in [0.25, 0.3) is 5.91 Å². The molecular weight excluding hydrogens is 339 g/mol. The number of amides is 1. The van der Waals surface area contributed by atoms with Crippen molar-refractivity contribution >= 4 is 11.9 Å². The molecule has 1 saturated heterocycles. The second-order valence-electron chi connectivity index (χ2n) is 6.24. The summed E-state index contributed by atoms with van der Waals surface area (Å²) < 4.78 is 18.9. The molecule has 1 fully saturated rings. The van der Waals surface area contributed by atoms with Crippen molar-refractivity contribution in [2.45, 2.75) is 25.0 Å². The molecule has 26 heavy (non-hydrogen) atoms. The second kappa shape index (κ2) is 7.61. The molecule has 1 amide bonds. The number of pyridine rings is 1. The molecule has 2 heterocycles. The summed E-state index contributed by atoms with van der Waals surface area (Å²) in [6.45, 7) is 0.496. The van der Waals surface area contributed by atoms with Gasteiger partial charge in [-0.1, -0.05) is 12.1 Å². The number of aromatic carboxylic acids is 1. The monoisotopic (exact) mass is 358 g/mol. The first-order valence-electron chi connectivity index (χ1n) is 8.29. The van der Waals surface area contributed by atoms with E-state index >= 15 is 0 Å². The summed E-state index contributed by atoms with van der Waals surface area (Å²) in [6.07, 6.45) is 2.26. The Bertz CT molecular complexity index is 792. The third-order valence-corrected chi connectivity index (χ3v) is 4.60. The summed E-state index contributed by atoms with van der Waals surface area (Å²) >= 11 is 0. The number of rotatable bonds is 4. The number of carboxylic acids is 1. The molecule has 2 unspecified atom stereocenters. The number of nitrogens with zero attached hydrogens (tertiary/aromatic N) is 2. The smallest absolute Gasteiger partial charge is 0.337 e. The van der Waals surface area contributed by atoms with E-state index in [-0.39, 0.29) is 35.1 Å². The maximum atomic E-state index is 13.1. The van der Waals surface area contributed by atoms with Gasteiger partial charge < -0.3 is 14.7 Å². The lowest BCUT2D eigenvalue weighted by Crippen LogP contribution is -2.41. The minimum absolute atomic E-state index is 0.0339. The fraction of sp³-hybridized carbons (Fsp3) is 0.316. The number of hydrogen-bond donors (Lipinski definition) is 1. The molecule has 2 atom stereocenters. The van der Waals surface area contributed by atoms with Gasteiger partial charge >= 0.3 is 5.97 Å². The zero-order chi connectivity index (χ0) is 18.7. The van der Waals surface area contributed by atoms with Crippen LogP contribution in [0.15, 0.2) is 42.6 Å². The van der Waals surface area contributed by atoms with Crippen molar-refractivity contribution in [3.63, 3.8) is 0 Å². The van der Waals surface area contributed by atoms with E-state index in [0.717, 1.165) is 5.56 Å². The third kappa shape index (κ3) is 3.88. The van der Waals surface area contributed by atoms with Crippen LogP contribution in [0.1, 0.15) is 45.4 Å². The number of halogens is 1. The summed E-state index contributed by atoms with van der Waals surface area (Å²) in [6, 6.07) is 8.90.